The van der Waals surface area contributed by atoms with Crippen LogP contribution in [0.5, 0.6) is 0 Å². The molecule has 7 heteroatoms. The monoisotopic (exact) mass is 393 g/mol. The fourth-order valence-corrected chi connectivity index (χ4v) is 3.58. The molecule has 0 aliphatic rings. The van der Waals surface area contributed by atoms with Crippen LogP contribution in [0, 0.1) is 0 Å². The van der Waals surface area contributed by atoms with Gasteiger partial charge in [0.05, 0.1) is 11.4 Å². The van der Waals surface area contributed by atoms with E-state index >= 15 is 0 Å². The number of amides is 1. The molecule has 28 heavy (non-hydrogen) atoms. The summed E-state index contributed by atoms with van der Waals surface area (Å²) in [5, 5.41) is 12.2. The number of para-hydroxylation sites is 1. The van der Waals surface area contributed by atoms with Gasteiger partial charge in [-0.25, -0.2) is 0 Å². The molecule has 0 radical (unpaired) electrons. The summed E-state index contributed by atoms with van der Waals surface area (Å²) >= 11 is 1.36. The fourth-order valence-electron chi connectivity index (χ4n) is 2.81. The van der Waals surface area contributed by atoms with E-state index < -0.39 is 0 Å². The molecular weight excluding hydrogens is 370 g/mol. The summed E-state index contributed by atoms with van der Waals surface area (Å²) in [6, 6.07) is 12.0. The molecule has 3 aromatic rings. The van der Waals surface area contributed by atoms with E-state index in [1.807, 2.05) is 28.8 Å². The van der Waals surface area contributed by atoms with Crippen LogP contribution in [0.3, 0.4) is 0 Å². The number of rotatable bonds is 8. The van der Waals surface area contributed by atoms with Crippen LogP contribution < -0.4 is 5.32 Å². The Morgan fingerprint density at radius 1 is 1.25 bits per heavy atom. The Kier molecular flexibility index (Phi) is 6.60. The van der Waals surface area contributed by atoms with Crippen molar-refractivity contribution in [1.29, 1.82) is 0 Å². The van der Waals surface area contributed by atoms with Gasteiger partial charge in [-0.3, -0.25) is 14.3 Å². The number of hydrogen-bond donors (Lipinski definition) is 1. The van der Waals surface area contributed by atoms with Crippen molar-refractivity contribution in [2.75, 3.05) is 12.3 Å². The van der Waals surface area contributed by atoms with Crippen molar-refractivity contribution in [2.45, 2.75) is 24.9 Å². The topological polar surface area (TPSA) is 72.7 Å². The highest BCUT2D eigenvalue weighted by atomic mass is 32.2. The van der Waals surface area contributed by atoms with Gasteiger partial charge in [-0.15, -0.1) is 16.8 Å². The molecule has 6 nitrogen and oxygen atoms in total. The van der Waals surface area contributed by atoms with Crippen LogP contribution in [0.15, 0.2) is 66.6 Å². The summed E-state index contributed by atoms with van der Waals surface area (Å²) in [5.41, 5.74) is 3.07. The molecule has 0 aliphatic heterocycles. The van der Waals surface area contributed by atoms with E-state index in [-0.39, 0.29) is 11.7 Å². The van der Waals surface area contributed by atoms with E-state index in [9.17, 15) is 4.79 Å². The van der Waals surface area contributed by atoms with E-state index in [1.54, 1.807) is 18.5 Å². The lowest BCUT2D eigenvalue weighted by Gasteiger charge is -2.16. The quantitative estimate of drug-likeness (QED) is 0.465. The fraction of sp³-hybridized carbons (Fsp3) is 0.238. The van der Waals surface area contributed by atoms with Gasteiger partial charge in [0.25, 0.3) is 0 Å². The minimum Gasteiger partial charge on any atom is -0.352 e. The van der Waals surface area contributed by atoms with Crippen molar-refractivity contribution in [3.05, 3.63) is 67.0 Å². The molecule has 0 aliphatic carbocycles. The van der Waals surface area contributed by atoms with Crippen molar-refractivity contribution in [2.24, 2.45) is 0 Å². The zero-order valence-electron chi connectivity index (χ0n) is 16.0. The molecule has 0 unspecified atom stereocenters. The van der Waals surface area contributed by atoms with Crippen molar-refractivity contribution in [3.63, 3.8) is 0 Å². The third-order valence-electron chi connectivity index (χ3n) is 4.13. The van der Waals surface area contributed by atoms with Gasteiger partial charge in [0.1, 0.15) is 0 Å². The van der Waals surface area contributed by atoms with E-state index in [0.717, 1.165) is 11.3 Å². The average Bonchev–Trinajstić information content (AvgIpc) is 3.15. The molecule has 0 atom stereocenters. The SMILES string of the molecule is C=CCNC(=O)CSc1nnc(-c2cccnc2)n1-c1ccccc1C(C)C. The number of nitrogens with one attached hydrogen (secondary N) is 1. The zero-order valence-corrected chi connectivity index (χ0v) is 16.8. The van der Waals surface area contributed by atoms with Crippen molar-refractivity contribution >= 4 is 17.7 Å². The van der Waals surface area contributed by atoms with Gasteiger partial charge in [-0.05, 0) is 29.7 Å². The average molecular weight is 394 g/mol. The number of aromatic nitrogens is 4. The zero-order chi connectivity index (χ0) is 19.9. The molecule has 2 aromatic heterocycles. The lowest BCUT2D eigenvalue weighted by Crippen LogP contribution is -2.25. The minimum absolute atomic E-state index is 0.0699. The molecule has 0 bridgehead atoms. The molecular formula is C21H23N5OS. The number of thioether (sulfide) groups is 1. The maximum atomic E-state index is 12.0. The first-order valence-corrected chi connectivity index (χ1v) is 10.1. The summed E-state index contributed by atoms with van der Waals surface area (Å²) in [5.74, 6) is 1.21. The smallest absolute Gasteiger partial charge is 0.230 e. The summed E-state index contributed by atoms with van der Waals surface area (Å²) in [7, 11) is 0. The van der Waals surface area contributed by atoms with Gasteiger partial charge in [0.2, 0.25) is 5.91 Å². The van der Waals surface area contributed by atoms with Crippen LogP contribution in [0.4, 0.5) is 0 Å². The number of carbonyl (C=O) groups excluding carboxylic acids is 1. The third-order valence-corrected chi connectivity index (χ3v) is 5.06. The summed E-state index contributed by atoms with van der Waals surface area (Å²) < 4.78 is 2.01. The maximum Gasteiger partial charge on any atom is 0.230 e. The van der Waals surface area contributed by atoms with Crippen molar-refractivity contribution in [1.82, 2.24) is 25.1 Å². The number of benzene rings is 1. The second-order valence-electron chi connectivity index (χ2n) is 6.48. The van der Waals surface area contributed by atoms with Gasteiger partial charge < -0.3 is 5.32 Å². The summed E-state index contributed by atoms with van der Waals surface area (Å²) in [6.07, 6.45) is 5.15. The predicted octanol–water partition coefficient (Wildman–Crippen LogP) is 3.85. The Morgan fingerprint density at radius 3 is 2.79 bits per heavy atom. The van der Waals surface area contributed by atoms with E-state index in [1.165, 1.54) is 17.3 Å². The Bertz CT molecular complexity index is 952. The molecule has 0 saturated heterocycles. The number of pyridine rings is 1. The first kappa shape index (κ1) is 19.8. The lowest BCUT2D eigenvalue weighted by molar-refractivity contribution is -0.118. The molecule has 1 amide bonds. The molecule has 0 fully saturated rings. The molecule has 1 N–H and O–H groups in total. The van der Waals surface area contributed by atoms with Gasteiger partial charge in [0.15, 0.2) is 11.0 Å². The highest BCUT2D eigenvalue weighted by Gasteiger charge is 2.20. The maximum absolute atomic E-state index is 12.0. The second kappa shape index (κ2) is 9.32. The second-order valence-corrected chi connectivity index (χ2v) is 7.42. The van der Waals surface area contributed by atoms with Gasteiger partial charge in [-0.2, -0.15) is 0 Å². The van der Waals surface area contributed by atoms with Crippen LogP contribution >= 0.6 is 11.8 Å². The van der Waals surface area contributed by atoms with Crippen molar-refractivity contribution < 1.29 is 4.79 Å². The van der Waals surface area contributed by atoms with Crippen molar-refractivity contribution in [3.8, 4) is 17.1 Å². The molecule has 0 saturated carbocycles. The molecule has 0 spiro atoms. The summed E-state index contributed by atoms with van der Waals surface area (Å²) in [6.45, 7) is 8.37. The Morgan fingerprint density at radius 2 is 2.07 bits per heavy atom. The van der Waals surface area contributed by atoms with Crippen LogP contribution in [0.25, 0.3) is 17.1 Å². The molecule has 1 aromatic carbocycles. The van der Waals surface area contributed by atoms with Crippen LogP contribution in [-0.2, 0) is 4.79 Å². The highest BCUT2D eigenvalue weighted by molar-refractivity contribution is 7.99. The molecule has 3 rings (SSSR count). The Balaban J connectivity index is 2.03. The van der Waals surface area contributed by atoms with Crippen LogP contribution in [0.2, 0.25) is 0 Å². The minimum atomic E-state index is -0.0699. The van der Waals surface area contributed by atoms with Gasteiger partial charge >= 0.3 is 0 Å². The lowest BCUT2D eigenvalue weighted by atomic mass is 10.0. The predicted molar refractivity (Wildman–Crippen MR) is 113 cm³/mol. The van der Waals surface area contributed by atoms with Crippen LogP contribution in [0.1, 0.15) is 25.3 Å². The third kappa shape index (κ3) is 4.48. The molecule has 144 valence electrons. The van der Waals surface area contributed by atoms with Crippen LogP contribution in [-0.4, -0.2) is 38.0 Å². The number of carbonyl (C=O) groups is 1. The summed E-state index contributed by atoms with van der Waals surface area (Å²) in [4.78, 5) is 16.2. The molecule has 2 heterocycles. The largest absolute Gasteiger partial charge is 0.352 e. The van der Waals surface area contributed by atoms with E-state index in [4.69, 9.17) is 0 Å². The standard InChI is InChI=1S/C21H23N5OS/c1-4-11-23-19(27)14-28-21-25-24-20(16-8-7-12-22-13-16)26(21)18-10-6-5-9-17(18)15(2)3/h4-10,12-13,15H,1,11,14H2,2-3H3,(H,23,27). The van der Waals surface area contributed by atoms with E-state index in [2.05, 4.69) is 53.1 Å². The normalized spacial score (nSPS) is 10.8. The van der Waals surface area contributed by atoms with E-state index in [0.29, 0.717) is 23.4 Å². The first-order chi connectivity index (χ1) is 13.6. The number of nitrogens with zero attached hydrogens (tertiary/aromatic N) is 4. The Hall–Kier alpha value is -2.93. The van der Waals surface area contributed by atoms with Gasteiger partial charge in [0, 0.05) is 24.5 Å². The first-order valence-electron chi connectivity index (χ1n) is 9.07. The Labute approximate surface area is 169 Å². The van der Waals surface area contributed by atoms with Gasteiger partial charge in [-0.1, -0.05) is 49.9 Å². The highest BCUT2D eigenvalue weighted by Crippen LogP contribution is 2.31. The number of hydrogen-bond acceptors (Lipinski definition) is 5.